The molecule has 0 radical (unpaired) electrons. The largest absolute Gasteiger partial charge is 0.377 e. The summed E-state index contributed by atoms with van der Waals surface area (Å²) in [5.41, 5.74) is 0. The molecular weight excluding hydrogens is 232 g/mol. The van der Waals surface area contributed by atoms with Crippen molar-refractivity contribution in [1.29, 1.82) is 0 Å². The highest BCUT2D eigenvalue weighted by molar-refractivity contribution is 5.48. The van der Waals surface area contributed by atoms with Gasteiger partial charge in [-0.1, -0.05) is 19.7 Å². The van der Waals surface area contributed by atoms with Crippen LogP contribution in [0.15, 0.2) is 38.3 Å². The number of hydrogen-bond donors (Lipinski definition) is 0. The lowest BCUT2D eigenvalue weighted by atomic mass is 10.6. The van der Waals surface area contributed by atoms with Crippen molar-refractivity contribution in [2.75, 3.05) is 39.5 Å². The van der Waals surface area contributed by atoms with Gasteiger partial charge >= 0.3 is 0 Å². The van der Waals surface area contributed by atoms with Crippen molar-refractivity contribution >= 4 is 6.41 Å². The van der Waals surface area contributed by atoms with Gasteiger partial charge < -0.3 is 19.3 Å². The molecule has 0 saturated carbocycles. The minimum atomic E-state index is 0.472. The molecule has 0 aliphatic rings. The van der Waals surface area contributed by atoms with Gasteiger partial charge in [0, 0.05) is 13.1 Å². The minimum Gasteiger partial charge on any atom is -0.377 e. The first kappa shape index (κ1) is 16.4. The third-order valence-corrected chi connectivity index (χ3v) is 2.20. The lowest BCUT2D eigenvalue weighted by Gasteiger charge is -2.14. The monoisotopic (exact) mass is 254 g/mol. The van der Waals surface area contributed by atoms with E-state index in [1.54, 1.807) is 12.4 Å². The van der Waals surface area contributed by atoms with Gasteiger partial charge in [-0.3, -0.25) is 4.79 Å². The van der Waals surface area contributed by atoms with E-state index in [1.165, 1.54) is 11.1 Å². The Morgan fingerprint density at radius 1 is 0.778 bits per heavy atom. The number of carbonyl (C=O) groups excluding carboxylic acids is 1. The van der Waals surface area contributed by atoms with E-state index >= 15 is 0 Å². The van der Waals surface area contributed by atoms with E-state index in [0.29, 0.717) is 39.4 Å². The molecule has 18 heavy (non-hydrogen) atoms. The van der Waals surface area contributed by atoms with Crippen molar-refractivity contribution in [3.63, 3.8) is 0 Å². The number of hydrogen-bond acceptors (Lipinski definition) is 4. The molecule has 5 heteroatoms. The minimum absolute atomic E-state index is 0.472. The number of carbonyl (C=O) groups is 1. The highest BCUT2D eigenvalue weighted by Gasteiger charge is 1.96. The van der Waals surface area contributed by atoms with Crippen LogP contribution in [-0.2, 0) is 14.3 Å². The number of amides is 1. The summed E-state index contributed by atoms with van der Waals surface area (Å²) < 4.78 is 10.7. The normalized spacial score (nSPS) is 9.56. The molecule has 0 fully saturated rings. The molecule has 0 N–H and O–H groups in total. The Hall–Kier alpha value is -1.59. The lowest BCUT2D eigenvalue weighted by Crippen LogP contribution is -2.21. The molecular formula is C13H22N2O3. The van der Waals surface area contributed by atoms with E-state index in [1.807, 2.05) is 4.90 Å². The second kappa shape index (κ2) is 11.9. The van der Waals surface area contributed by atoms with Gasteiger partial charge in [0.2, 0.25) is 6.41 Å². The standard InChI is InChI=1S/C13H22N2O3/c1-4-14(5-2)7-9-17-11-12-18-10-8-15(6-3)13-16/h4-6,13H,1-3,7-12H2. The highest BCUT2D eigenvalue weighted by atomic mass is 16.5. The van der Waals surface area contributed by atoms with Gasteiger partial charge in [-0.25, -0.2) is 0 Å². The summed E-state index contributed by atoms with van der Waals surface area (Å²) in [6.07, 6.45) is 5.56. The Morgan fingerprint density at radius 2 is 1.22 bits per heavy atom. The molecule has 5 nitrogen and oxygen atoms in total. The topological polar surface area (TPSA) is 42.0 Å². The van der Waals surface area contributed by atoms with Gasteiger partial charge in [0.15, 0.2) is 0 Å². The van der Waals surface area contributed by atoms with Gasteiger partial charge in [0.25, 0.3) is 0 Å². The Labute approximate surface area is 109 Å². The molecule has 0 atom stereocenters. The van der Waals surface area contributed by atoms with Crippen LogP contribution in [0.1, 0.15) is 0 Å². The fourth-order valence-corrected chi connectivity index (χ4v) is 1.11. The third kappa shape index (κ3) is 8.55. The first-order chi connectivity index (χ1) is 8.78. The first-order valence-corrected chi connectivity index (χ1v) is 5.78. The maximum Gasteiger partial charge on any atom is 0.213 e. The summed E-state index contributed by atoms with van der Waals surface area (Å²) in [7, 11) is 0. The zero-order chi connectivity index (χ0) is 13.6. The van der Waals surface area contributed by atoms with Crippen molar-refractivity contribution in [2.24, 2.45) is 0 Å². The number of nitrogens with zero attached hydrogens (tertiary/aromatic N) is 2. The second-order valence-electron chi connectivity index (χ2n) is 3.35. The van der Waals surface area contributed by atoms with Crippen LogP contribution < -0.4 is 0 Å². The Bertz CT molecular complexity index is 215. The van der Waals surface area contributed by atoms with Gasteiger partial charge in [-0.15, -0.1) is 0 Å². The van der Waals surface area contributed by atoms with Crippen LogP contribution >= 0.6 is 0 Å². The average Bonchev–Trinajstić information content (AvgIpc) is 2.41. The van der Waals surface area contributed by atoms with Crippen molar-refractivity contribution in [3.05, 3.63) is 38.3 Å². The highest BCUT2D eigenvalue weighted by Crippen LogP contribution is 1.89. The van der Waals surface area contributed by atoms with Crippen LogP contribution in [0.25, 0.3) is 0 Å². The molecule has 0 spiro atoms. The maximum atomic E-state index is 10.4. The number of ether oxygens (including phenoxy) is 2. The number of rotatable bonds is 13. The summed E-state index contributed by atoms with van der Waals surface area (Å²) in [5, 5.41) is 0. The van der Waals surface area contributed by atoms with Crippen molar-refractivity contribution < 1.29 is 14.3 Å². The van der Waals surface area contributed by atoms with Crippen LogP contribution in [0.5, 0.6) is 0 Å². The molecule has 0 heterocycles. The van der Waals surface area contributed by atoms with Crippen molar-refractivity contribution in [3.8, 4) is 0 Å². The zero-order valence-electron chi connectivity index (χ0n) is 10.8. The second-order valence-corrected chi connectivity index (χ2v) is 3.35. The van der Waals surface area contributed by atoms with E-state index < -0.39 is 0 Å². The van der Waals surface area contributed by atoms with E-state index in [-0.39, 0.29) is 0 Å². The van der Waals surface area contributed by atoms with Crippen molar-refractivity contribution in [1.82, 2.24) is 9.80 Å². The molecule has 0 saturated heterocycles. The molecule has 0 aromatic rings. The third-order valence-electron chi connectivity index (χ3n) is 2.20. The van der Waals surface area contributed by atoms with Crippen molar-refractivity contribution in [2.45, 2.75) is 0 Å². The van der Waals surface area contributed by atoms with Gasteiger partial charge in [-0.05, 0) is 18.6 Å². The maximum absolute atomic E-state index is 10.4. The molecule has 0 aliphatic carbocycles. The summed E-state index contributed by atoms with van der Waals surface area (Å²) >= 11 is 0. The Balaban J connectivity index is 3.30. The van der Waals surface area contributed by atoms with E-state index in [2.05, 4.69) is 19.7 Å². The fourth-order valence-electron chi connectivity index (χ4n) is 1.11. The molecule has 102 valence electrons. The Kier molecular flexibility index (Phi) is 10.8. The SMILES string of the molecule is C=CN(C=C)CCOCCOCCN(C=C)C=O. The zero-order valence-corrected chi connectivity index (χ0v) is 10.8. The average molecular weight is 254 g/mol. The quantitative estimate of drug-likeness (QED) is 0.366. The van der Waals surface area contributed by atoms with Gasteiger partial charge in [0.1, 0.15) is 0 Å². The van der Waals surface area contributed by atoms with Crippen LogP contribution in [0.4, 0.5) is 0 Å². The van der Waals surface area contributed by atoms with E-state index in [4.69, 9.17) is 9.47 Å². The lowest BCUT2D eigenvalue weighted by molar-refractivity contribution is -0.116. The molecule has 1 amide bonds. The Morgan fingerprint density at radius 3 is 1.61 bits per heavy atom. The summed E-state index contributed by atoms with van der Waals surface area (Å²) in [4.78, 5) is 13.7. The van der Waals surface area contributed by atoms with Crippen LogP contribution in [0.2, 0.25) is 0 Å². The van der Waals surface area contributed by atoms with Gasteiger partial charge in [-0.2, -0.15) is 0 Å². The van der Waals surface area contributed by atoms with Crippen LogP contribution in [-0.4, -0.2) is 55.7 Å². The molecule has 0 aliphatic heterocycles. The summed E-state index contributed by atoms with van der Waals surface area (Å²) in [6.45, 7) is 14.1. The van der Waals surface area contributed by atoms with Crippen LogP contribution in [0, 0.1) is 0 Å². The fraction of sp³-hybridized carbons (Fsp3) is 0.462. The molecule has 0 bridgehead atoms. The molecule has 0 aromatic carbocycles. The predicted molar refractivity (Wildman–Crippen MR) is 71.7 cm³/mol. The van der Waals surface area contributed by atoms with Crippen LogP contribution in [0.3, 0.4) is 0 Å². The van der Waals surface area contributed by atoms with E-state index in [9.17, 15) is 4.79 Å². The summed E-state index contributed by atoms with van der Waals surface area (Å²) in [6, 6.07) is 0. The molecule has 0 unspecified atom stereocenters. The predicted octanol–water partition coefficient (Wildman–Crippen LogP) is 1.21. The van der Waals surface area contributed by atoms with Gasteiger partial charge in [0.05, 0.1) is 26.4 Å². The first-order valence-electron chi connectivity index (χ1n) is 5.78. The van der Waals surface area contributed by atoms with E-state index in [0.717, 1.165) is 6.54 Å². The summed E-state index contributed by atoms with van der Waals surface area (Å²) in [5.74, 6) is 0. The molecule has 0 aromatic heterocycles. The smallest absolute Gasteiger partial charge is 0.213 e. The molecule has 0 rings (SSSR count).